The van der Waals surface area contributed by atoms with Gasteiger partial charge in [0.15, 0.2) is 0 Å². The molecule has 0 spiro atoms. The lowest BCUT2D eigenvalue weighted by Gasteiger charge is -1.95. The number of hydrogen-bond acceptors (Lipinski definition) is 4. The molecule has 2 N–H and O–H groups in total. The molecule has 80 valence electrons. The van der Waals surface area contributed by atoms with Crippen LogP contribution in [-0.4, -0.2) is 17.3 Å². The Bertz CT molecular complexity index is 392. The monoisotopic (exact) mass is 238 g/mol. The van der Waals surface area contributed by atoms with E-state index in [0.717, 1.165) is 30.0 Å². The molecule has 0 atom stereocenters. The Morgan fingerprint density at radius 1 is 1.33 bits per heavy atom. The molecule has 2 aromatic rings. The van der Waals surface area contributed by atoms with Crippen molar-refractivity contribution in [2.75, 3.05) is 12.3 Å². The summed E-state index contributed by atoms with van der Waals surface area (Å²) in [5.74, 6) is 2.14. The van der Waals surface area contributed by atoms with Crippen LogP contribution in [0.2, 0.25) is 0 Å². The molecule has 4 heteroatoms. The van der Waals surface area contributed by atoms with Gasteiger partial charge >= 0.3 is 0 Å². The van der Waals surface area contributed by atoms with Crippen molar-refractivity contribution in [3.8, 4) is 0 Å². The second kappa shape index (κ2) is 5.49. The first-order chi connectivity index (χ1) is 7.40. The zero-order chi connectivity index (χ0) is 10.5. The van der Waals surface area contributed by atoms with Crippen LogP contribution in [0.25, 0.3) is 10.2 Å². The van der Waals surface area contributed by atoms with Gasteiger partial charge in [-0.1, -0.05) is 12.1 Å². The van der Waals surface area contributed by atoms with Crippen LogP contribution in [0.1, 0.15) is 11.4 Å². The van der Waals surface area contributed by atoms with E-state index in [-0.39, 0.29) is 0 Å². The number of rotatable bonds is 5. The average molecular weight is 238 g/mol. The van der Waals surface area contributed by atoms with E-state index in [1.807, 2.05) is 17.8 Å². The van der Waals surface area contributed by atoms with Gasteiger partial charge < -0.3 is 5.73 Å². The van der Waals surface area contributed by atoms with Crippen LogP contribution >= 0.6 is 23.1 Å². The summed E-state index contributed by atoms with van der Waals surface area (Å²) >= 11 is 3.71. The molecular weight excluding hydrogens is 224 g/mol. The van der Waals surface area contributed by atoms with Crippen LogP contribution in [0.3, 0.4) is 0 Å². The second-order valence-electron chi connectivity index (χ2n) is 3.27. The van der Waals surface area contributed by atoms with Crippen molar-refractivity contribution in [3.05, 3.63) is 29.3 Å². The highest BCUT2D eigenvalue weighted by molar-refractivity contribution is 7.98. The van der Waals surface area contributed by atoms with E-state index in [1.54, 1.807) is 11.3 Å². The van der Waals surface area contributed by atoms with Gasteiger partial charge in [0.2, 0.25) is 0 Å². The fourth-order valence-electron chi connectivity index (χ4n) is 1.33. The zero-order valence-corrected chi connectivity index (χ0v) is 10.1. The van der Waals surface area contributed by atoms with Crippen molar-refractivity contribution in [1.82, 2.24) is 4.98 Å². The normalized spacial score (nSPS) is 11.0. The lowest BCUT2D eigenvalue weighted by molar-refractivity contribution is 0.943. The number of thioether (sulfide) groups is 1. The minimum atomic E-state index is 0.785. The van der Waals surface area contributed by atoms with Crippen LogP contribution in [0.5, 0.6) is 0 Å². The summed E-state index contributed by atoms with van der Waals surface area (Å²) in [6.45, 7) is 0.785. The van der Waals surface area contributed by atoms with Crippen LogP contribution in [0, 0.1) is 0 Å². The van der Waals surface area contributed by atoms with E-state index >= 15 is 0 Å². The van der Waals surface area contributed by atoms with Gasteiger partial charge in [0, 0.05) is 5.75 Å². The van der Waals surface area contributed by atoms with Crippen molar-refractivity contribution < 1.29 is 0 Å². The molecule has 2 rings (SSSR count). The molecule has 0 bridgehead atoms. The minimum Gasteiger partial charge on any atom is -0.330 e. The summed E-state index contributed by atoms with van der Waals surface area (Å²) in [7, 11) is 0. The van der Waals surface area contributed by atoms with Crippen molar-refractivity contribution >= 4 is 33.3 Å². The third-order valence-corrected chi connectivity index (χ3v) is 4.33. The molecule has 0 aliphatic carbocycles. The van der Waals surface area contributed by atoms with Crippen molar-refractivity contribution in [1.29, 1.82) is 0 Å². The Balaban J connectivity index is 1.97. The summed E-state index contributed by atoms with van der Waals surface area (Å²) in [5, 5.41) is 1.22. The van der Waals surface area contributed by atoms with E-state index in [0.29, 0.717) is 0 Å². The lowest BCUT2D eigenvalue weighted by atomic mass is 10.3. The zero-order valence-electron chi connectivity index (χ0n) is 8.48. The maximum absolute atomic E-state index is 5.44. The number of nitrogens with zero attached hydrogens (tertiary/aromatic N) is 1. The molecule has 0 saturated heterocycles. The van der Waals surface area contributed by atoms with E-state index < -0.39 is 0 Å². The first-order valence-corrected chi connectivity index (χ1v) is 6.99. The molecule has 15 heavy (non-hydrogen) atoms. The van der Waals surface area contributed by atoms with Crippen LogP contribution in [-0.2, 0) is 5.75 Å². The molecule has 0 amide bonds. The first kappa shape index (κ1) is 10.9. The minimum absolute atomic E-state index is 0.785. The van der Waals surface area contributed by atoms with Gasteiger partial charge in [-0.05, 0) is 30.9 Å². The molecular formula is C11H14N2S2. The van der Waals surface area contributed by atoms with Crippen molar-refractivity contribution in [2.45, 2.75) is 12.2 Å². The second-order valence-corrected chi connectivity index (χ2v) is 5.49. The van der Waals surface area contributed by atoms with Gasteiger partial charge in [0.05, 0.1) is 10.2 Å². The number of para-hydroxylation sites is 1. The molecule has 1 aromatic heterocycles. The number of aromatic nitrogens is 1. The Labute approximate surface area is 97.9 Å². The predicted octanol–water partition coefficient (Wildman–Crippen LogP) is 2.88. The van der Waals surface area contributed by atoms with Gasteiger partial charge in [0.1, 0.15) is 5.01 Å². The highest BCUT2D eigenvalue weighted by Gasteiger charge is 2.02. The molecule has 0 unspecified atom stereocenters. The number of hydrogen-bond donors (Lipinski definition) is 1. The summed E-state index contributed by atoms with van der Waals surface area (Å²) in [6.07, 6.45) is 1.09. The molecule has 0 aliphatic rings. The summed E-state index contributed by atoms with van der Waals surface area (Å²) < 4.78 is 1.28. The van der Waals surface area contributed by atoms with E-state index in [1.165, 1.54) is 9.71 Å². The third kappa shape index (κ3) is 2.93. The fourth-order valence-corrected chi connectivity index (χ4v) is 3.33. The van der Waals surface area contributed by atoms with E-state index in [4.69, 9.17) is 5.73 Å². The molecule has 0 fully saturated rings. The van der Waals surface area contributed by atoms with E-state index in [2.05, 4.69) is 23.2 Å². The molecule has 1 heterocycles. The topological polar surface area (TPSA) is 38.9 Å². The number of fused-ring (bicyclic) bond motifs is 1. The Morgan fingerprint density at radius 3 is 3.00 bits per heavy atom. The van der Waals surface area contributed by atoms with Gasteiger partial charge in [0.25, 0.3) is 0 Å². The highest BCUT2D eigenvalue weighted by Crippen LogP contribution is 2.24. The predicted molar refractivity (Wildman–Crippen MR) is 69.5 cm³/mol. The smallest absolute Gasteiger partial charge is 0.104 e. The maximum Gasteiger partial charge on any atom is 0.104 e. The first-order valence-electron chi connectivity index (χ1n) is 5.02. The molecule has 2 nitrogen and oxygen atoms in total. The lowest BCUT2D eigenvalue weighted by Crippen LogP contribution is -1.99. The van der Waals surface area contributed by atoms with Crippen LogP contribution in [0.4, 0.5) is 0 Å². The van der Waals surface area contributed by atoms with Gasteiger partial charge in [-0.2, -0.15) is 11.8 Å². The van der Waals surface area contributed by atoms with Crippen LogP contribution < -0.4 is 5.73 Å². The third-order valence-electron chi connectivity index (χ3n) is 2.06. The molecule has 1 aromatic carbocycles. The molecule has 0 saturated carbocycles. The molecule has 0 aliphatic heterocycles. The average Bonchev–Trinajstić information content (AvgIpc) is 2.67. The molecule has 0 radical (unpaired) electrons. The standard InChI is InChI=1S/C11H14N2S2/c12-6-3-7-14-8-11-13-9-4-1-2-5-10(9)15-11/h1-2,4-5H,3,6-8,12H2. The Morgan fingerprint density at radius 2 is 2.20 bits per heavy atom. The van der Waals surface area contributed by atoms with Gasteiger partial charge in [-0.25, -0.2) is 4.98 Å². The van der Waals surface area contributed by atoms with Crippen molar-refractivity contribution in [3.63, 3.8) is 0 Å². The number of nitrogens with two attached hydrogens (primary N) is 1. The highest BCUT2D eigenvalue weighted by atomic mass is 32.2. The van der Waals surface area contributed by atoms with Gasteiger partial charge in [-0.15, -0.1) is 11.3 Å². The quantitative estimate of drug-likeness (QED) is 0.814. The van der Waals surface area contributed by atoms with Gasteiger partial charge in [-0.3, -0.25) is 0 Å². The summed E-state index contributed by atoms with van der Waals surface area (Å²) in [5.41, 5.74) is 6.57. The SMILES string of the molecule is NCCCSCc1nc2ccccc2s1. The maximum atomic E-state index is 5.44. The number of benzene rings is 1. The van der Waals surface area contributed by atoms with Crippen LogP contribution in [0.15, 0.2) is 24.3 Å². The summed E-state index contributed by atoms with van der Waals surface area (Å²) in [4.78, 5) is 4.58. The fraction of sp³-hybridized carbons (Fsp3) is 0.364. The van der Waals surface area contributed by atoms with E-state index in [9.17, 15) is 0 Å². The largest absolute Gasteiger partial charge is 0.330 e. The Hall–Kier alpha value is -0.580. The summed E-state index contributed by atoms with van der Waals surface area (Å²) in [6, 6.07) is 8.29. The number of thiazole rings is 1. The Kier molecular flexibility index (Phi) is 4.00. The van der Waals surface area contributed by atoms with Crippen molar-refractivity contribution in [2.24, 2.45) is 5.73 Å².